The van der Waals surface area contributed by atoms with Crippen LogP contribution in [0, 0.1) is 5.82 Å². The minimum atomic E-state index is -4.61. The van der Waals surface area contributed by atoms with Gasteiger partial charge in [0.15, 0.2) is 0 Å². The lowest BCUT2D eigenvalue weighted by Crippen LogP contribution is -2.47. The molecule has 1 atom stereocenters. The van der Waals surface area contributed by atoms with Crippen LogP contribution >= 0.6 is 0 Å². The Morgan fingerprint density at radius 1 is 1.33 bits per heavy atom. The third kappa shape index (κ3) is 3.34. The first-order valence-electron chi connectivity index (χ1n) is 6.72. The standard InChI is InChI=1S/C14H16F4N2O/c15-12-5-4-9(14(16,17)18)7-11(12)13(21)20-6-2-1-3-10(20)8-19/h4-5,7,10H,1-3,6,8,19H2. The van der Waals surface area contributed by atoms with Crippen molar-refractivity contribution >= 4 is 5.91 Å². The molecule has 1 unspecified atom stereocenters. The highest BCUT2D eigenvalue weighted by atomic mass is 19.4. The van der Waals surface area contributed by atoms with E-state index in [1.54, 1.807) is 0 Å². The molecule has 1 fully saturated rings. The van der Waals surface area contributed by atoms with Crippen molar-refractivity contribution in [2.24, 2.45) is 5.73 Å². The molecule has 0 radical (unpaired) electrons. The molecule has 0 aliphatic carbocycles. The van der Waals surface area contributed by atoms with Crippen LogP contribution in [0.2, 0.25) is 0 Å². The number of piperidine rings is 1. The molecule has 2 rings (SSSR count). The molecule has 116 valence electrons. The Balaban J connectivity index is 2.33. The molecule has 1 saturated heterocycles. The Bertz CT molecular complexity index is 530. The monoisotopic (exact) mass is 304 g/mol. The Labute approximate surface area is 119 Å². The number of benzene rings is 1. The van der Waals surface area contributed by atoms with Gasteiger partial charge in [-0.2, -0.15) is 13.2 Å². The molecule has 0 bridgehead atoms. The fourth-order valence-electron chi connectivity index (χ4n) is 2.53. The van der Waals surface area contributed by atoms with Gasteiger partial charge in [-0.15, -0.1) is 0 Å². The highest BCUT2D eigenvalue weighted by molar-refractivity contribution is 5.95. The summed E-state index contributed by atoms with van der Waals surface area (Å²) >= 11 is 0. The Kier molecular flexibility index (Phi) is 4.51. The van der Waals surface area contributed by atoms with Crippen LogP contribution in [0.1, 0.15) is 35.2 Å². The van der Waals surface area contributed by atoms with Gasteiger partial charge in [-0.3, -0.25) is 4.79 Å². The Morgan fingerprint density at radius 3 is 2.67 bits per heavy atom. The molecule has 2 N–H and O–H groups in total. The lowest BCUT2D eigenvalue weighted by atomic mass is 10.00. The second kappa shape index (κ2) is 6.01. The summed E-state index contributed by atoms with van der Waals surface area (Å²) in [4.78, 5) is 13.7. The van der Waals surface area contributed by atoms with Gasteiger partial charge >= 0.3 is 6.18 Å². The number of hydrogen-bond donors (Lipinski definition) is 1. The van der Waals surface area contributed by atoms with Crippen LogP contribution in [-0.2, 0) is 6.18 Å². The van der Waals surface area contributed by atoms with Gasteiger partial charge in [-0.1, -0.05) is 0 Å². The zero-order chi connectivity index (χ0) is 15.6. The van der Waals surface area contributed by atoms with Crippen molar-refractivity contribution in [2.75, 3.05) is 13.1 Å². The molecule has 0 aromatic heterocycles. The van der Waals surface area contributed by atoms with E-state index in [0.717, 1.165) is 12.8 Å². The number of rotatable bonds is 2. The number of likely N-dealkylation sites (tertiary alicyclic amines) is 1. The average Bonchev–Trinajstić information content (AvgIpc) is 2.45. The smallest absolute Gasteiger partial charge is 0.334 e. The molecule has 21 heavy (non-hydrogen) atoms. The zero-order valence-electron chi connectivity index (χ0n) is 11.3. The van der Waals surface area contributed by atoms with Gasteiger partial charge in [0.05, 0.1) is 11.1 Å². The topological polar surface area (TPSA) is 46.3 Å². The normalized spacial score (nSPS) is 19.7. The summed E-state index contributed by atoms with van der Waals surface area (Å²) < 4.78 is 51.8. The van der Waals surface area contributed by atoms with E-state index in [1.807, 2.05) is 0 Å². The summed E-state index contributed by atoms with van der Waals surface area (Å²) in [6, 6.07) is 1.63. The van der Waals surface area contributed by atoms with Gasteiger partial charge in [-0.05, 0) is 37.5 Å². The van der Waals surface area contributed by atoms with Crippen molar-refractivity contribution in [1.29, 1.82) is 0 Å². The zero-order valence-corrected chi connectivity index (χ0v) is 11.3. The van der Waals surface area contributed by atoms with Crippen molar-refractivity contribution in [2.45, 2.75) is 31.5 Å². The Morgan fingerprint density at radius 2 is 2.05 bits per heavy atom. The molecule has 1 aromatic carbocycles. The average molecular weight is 304 g/mol. The molecule has 0 spiro atoms. The third-order valence-electron chi connectivity index (χ3n) is 3.68. The first-order chi connectivity index (χ1) is 9.84. The third-order valence-corrected chi connectivity index (χ3v) is 3.68. The SMILES string of the molecule is NCC1CCCCN1C(=O)c1cc(C(F)(F)F)ccc1F. The van der Waals surface area contributed by atoms with E-state index in [9.17, 15) is 22.4 Å². The van der Waals surface area contributed by atoms with Gasteiger partial charge < -0.3 is 10.6 Å². The van der Waals surface area contributed by atoms with Crippen LogP contribution in [0.25, 0.3) is 0 Å². The van der Waals surface area contributed by atoms with Crippen LogP contribution in [-0.4, -0.2) is 29.9 Å². The largest absolute Gasteiger partial charge is 0.416 e. The number of hydrogen-bond acceptors (Lipinski definition) is 2. The summed E-state index contributed by atoms with van der Waals surface area (Å²) in [5, 5.41) is 0. The van der Waals surface area contributed by atoms with Gasteiger partial charge in [0.1, 0.15) is 5.82 Å². The van der Waals surface area contributed by atoms with Gasteiger partial charge in [0, 0.05) is 19.1 Å². The first-order valence-corrected chi connectivity index (χ1v) is 6.72. The maximum Gasteiger partial charge on any atom is 0.416 e. The number of halogens is 4. The van der Waals surface area contributed by atoms with Gasteiger partial charge in [0.2, 0.25) is 0 Å². The molecule has 1 aliphatic heterocycles. The van der Waals surface area contributed by atoms with Gasteiger partial charge in [0.25, 0.3) is 5.91 Å². The predicted molar refractivity (Wildman–Crippen MR) is 69.1 cm³/mol. The molecular formula is C14H16F4N2O. The predicted octanol–water partition coefficient (Wildman–Crippen LogP) is 2.80. The van der Waals surface area contributed by atoms with Gasteiger partial charge in [-0.25, -0.2) is 4.39 Å². The summed E-state index contributed by atoms with van der Waals surface area (Å²) in [5.74, 6) is -1.68. The van der Waals surface area contributed by atoms with E-state index >= 15 is 0 Å². The number of nitrogens with two attached hydrogens (primary N) is 1. The quantitative estimate of drug-likeness (QED) is 0.854. The summed E-state index contributed by atoms with van der Waals surface area (Å²) in [6.07, 6.45) is -2.29. The van der Waals surface area contributed by atoms with Crippen molar-refractivity contribution < 1.29 is 22.4 Å². The van der Waals surface area contributed by atoms with Crippen LogP contribution in [0.4, 0.5) is 17.6 Å². The molecule has 1 heterocycles. The van der Waals surface area contributed by atoms with Crippen LogP contribution < -0.4 is 5.73 Å². The van der Waals surface area contributed by atoms with Crippen LogP contribution in [0.15, 0.2) is 18.2 Å². The lowest BCUT2D eigenvalue weighted by molar-refractivity contribution is -0.137. The van der Waals surface area contributed by atoms with Crippen LogP contribution in [0.5, 0.6) is 0 Å². The minimum absolute atomic E-state index is 0.215. The number of carbonyl (C=O) groups is 1. The number of nitrogens with zero attached hydrogens (tertiary/aromatic N) is 1. The summed E-state index contributed by atoms with van der Waals surface area (Å²) in [6.45, 7) is 0.600. The fourth-order valence-corrected chi connectivity index (χ4v) is 2.53. The molecule has 1 aromatic rings. The lowest BCUT2D eigenvalue weighted by Gasteiger charge is -2.35. The van der Waals surface area contributed by atoms with E-state index in [4.69, 9.17) is 5.73 Å². The summed E-state index contributed by atoms with van der Waals surface area (Å²) in [5.41, 5.74) is 3.99. The van der Waals surface area contributed by atoms with Crippen molar-refractivity contribution in [3.63, 3.8) is 0 Å². The minimum Gasteiger partial charge on any atom is -0.334 e. The molecule has 0 saturated carbocycles. The highest BCUT2D eigenvalue weighted by Crippen LogP contribution is 2.31. The Hall–Kier alpha value is -1.63. The molecular weight excluding hydrogens is 288 g/mol. The van der Waals surface area contributed by atoms with E-state index in [1.165, 1.54) is 4.90 Å². The maximum atomic E-state index is 13.7. The fraction of sp³-hybridized carbons (Fsp3) is 0.500. The number of amides is 1. The van der Waals surface area contributed by atoms with Crippen molar-refractivity contribution in [3.05, 3.63) is 35.1 Å². The van der Waals surface area contributed by atoms with E-state index in [2.05, 4.69) is 0 Å². The molecule has 1 amide bonds. The van der Waals surface area contributed by atoms with E-state index < -0.39 is 29.0 Å². The molecule has 1 aliphatic rings. The highest BCUT2D eigenvalue weighted by Gasteiger charge is 2.34. The first kappa shape index (κ1) is 15.8. The second-order valence-electron chi connectivity index (χ2n) is 5.08. The molecule has 7 heteroatoms. The van der Waals surface area contributed by atoms with Crippen molar-refractivity contribution in [3.8, 4) is 0 Å². The van der Waals surface area contributed by atoms with Crippen molar-refractivity contribution in [1.82, 2.24) is 4.90 Å². The maximum absolute atomic E-state index is 13.7. The summed E-state index contributed by atoms with van der Waals surface area (Å²) in [7, 11) is 0. The molecule has 3 nitrogen and oxygen atoms in total. The van der Waals surface area contributed by atoms with E-state index in [0.29, 0.717) is 31.2 Å². The second-order valence-corrected chi connectivity index (χ2v) is 5.08. The van der Waals surface area contributed by atoms with E-state index in [-0.39, 0.29) is 12.6 Å². The number of alkyl halides is 3. The van der Waals surface area contributed by atoms with Crippen LogP contribution in [0.3, 0.4) is 0 Å². The number of carbonyl (C=O) groups excluding carboxylic acids is 1.